The lowest BCUT2D eigenvalue weighted by atomic mass is 9.88. The number of nitrogens with two attached hydrogens (primary N) is 1. The van der Waals surface area contributed by atoms with Crippen molar-refractivity contribution in [3.63, 3.8) is 0 Å². The standard InChI is InChI=1S/C17H19N5O/c1-17(8-15(23)22(2)16(18)21-17)7-12-4-3-5-13(6-12)14-9-19-11-20-10-14/h3-6,9-11H,7-8H2,1-2H3,(H2,18,21)/t17-/m1/s1. The summed E-state index contributed by atoms with van der Waals surface area (Å²) in [4.78, 5) is 26.1. The van der Waals surface area contributed by atoms with Gasteiger partial charge in [-0.1, -0.05) is 24.3 Å². The van der Waals surface area contributed by atoms with Gasteiger partial charge in [0.15, 0.2) is 5.96 Å². The van der Waals surface area contributed by atoms with E-state index in [1.54, 1.807) is 19.4 Å². The van der Waals surface area contributed by atoms with Crippen molar-refractivity contribution in [2.45, 2.75) is 25.3 Å². The lowest BCUT2D eigenvalue weighted by Crippen LogP contribution is -2.49. The number of aliphatic imine (C=N–C) groups is 1. The van der Waals surface area contributed by atoms with E-state index in [-0.39, 0.29) is 11.9 Å². The Kier molecular flexibility index (Phi) is 3.82. The molecule has 2 N–H and O–H groups in total. The van der Waals surface area contributed by atoms with Crippen LogP contribution in [0, 0.1) is 0 Å². The Morgan fingerprint density at radius 3 is 2.70 bits per heavy atom. The first-order valence-electron chi connectivity index (χ1n) is 7.43. The van der Waals surface area contributed by atoms with E-state index in [0.717, 1.165) is 16.7 Å². The molecule has 1 atom stereocenters. The molecule has 23 heavy (non-hydrogen) atoms. The van der Waals surface area contributed by atoms with Crippen LogP contribution < -0.4 is 5.73 Å². The van der Waals surface area contributed by atoms with E-state index in [9.17, 15) is 4.79 Å². The van der Waals surface area contributed by atoms with Gasteiger partial charge in [0.1, 0.15) is 6.33 Å². The summed E-state index contributed by atoms with van der Waals surface area (Å²) in [6.07, 6.45) is 6.07. The molecule has 0 radical (unpaired) electrons. The molecule has 2 aromatic rings. The highest BCUT2D eigenvalue weighted by molar-refractivity contribution is 5.98. The molecule has 1 amide bonds. The van der Waals surface area contributed by atoms with Crippen molar-refractivity contribution >= 4 is 11.9 Å². The van der Waals surface area contributed by atoms with Crippen molar-refractivity contribution in [3.8, 4) is 11.1 Å². The van der Waals surface area contributed by atoms with E-state index in [4.69, 9.17) is 5.73 Å². The van der Waals surface area contributed by atoms with Gasteiger partial charge in [-0.3, -0.25) is 9.69 Å². The van der Waals surface area contributed by atoms with Crippen molar-refractivity contribution in [1.82, 2.24) is 14.9 Å². The first-order chi connectivity index (χ1) is 11.0. The minimum absolute atomic E-state index is 0.00684. The van der Waals surface area contributed by atoms with Crippen LogP contribution in [0.2, 0.25) is 0 Å². The third kappa shape index (κ3) is 3.21. The van der Waals surface area contributed by atoms with E-state index in [1.165, 1.54) is 11.2 Å². The molecule has 3 rings (SSSR count). The number of nitrogens with zero attached hydrogens (tertiary/aromatic N) is 4. The van der Waals surface area contributed by atoms with Crippen LogP contribution >= 0.6 is 0 Å². The van der Waals surface area contributed by atoms with Crippen LogP contribution in [0.1, 0.15) is 18.9 Å². The van der Waals surface area contributed by atoms with Gasteiger partial charge in [0.2, 0.25) is 5.91 Å². The Morgan fingerprint density at radius 1 is 1.26 bits per heavy atom. The highest BCUT2D eigenvalue weighted by Crippen LogP contribution is 2.28. The predicted molar refractivity (Wildman–Crippen MR) is 88.6 cm³/mol. The van der Waals surface area contributed by atoms with Gasteiger partial charge < -0.3 is 5.73 Å². The summed E-state index contributed by atoms with van der Waals surface area (Å²) in [5.41, 5.74) is 8.45. The van der Waals surface area contributed by atoms with Gasteiger partial charge in [0.05, 0.1) is 12.0 Å². The minimum atomic E-state index is -0.514. The molecular weight excluding hydrogens is 290 g/mol. The number of hydrogen-bond acceptors (Lipinski definition) is 5. The fraction of sp³-hybridized carbons (Fsp3) is 0.294. The summed E-state index contributed by atoms with van der Waals surface area (Å²) < 4.78 is 0. The molecule has 1 aliphatic rings. The van der Waals surface area contributed by atoms with E-state index in [0.29, 0.717) is 12.8 Å². The van der Waals surface area contributed by atoms with Gasteiger partial charge in [-0.25, -0.2) is 15.0 Å². The molecule has 6 nitrogen and oxygen atoms in total. The van der Waals surface area contributed by atoms with E-state index >= 15 is 0 Å². The third-order valence-corrected chi connectivity index (χ3v) is 4.04. The summed E-state index contributed by atoms with van der Waals surface area (Å²) in [5, 5.41) is 0. The summed E-state index contributed by atoms with van der Waals surface area (Å²) >= 11 is 0. The zero-order valence-electron chi connectivity index (χ0n) is 13.2. The maximum Gasteiger partial charge on any atom is 0.231 e. The number of carbonyl (C=O) groups excluding carboxylic acids is 1. The number of aromatic nitrogens is 2. The monoisotopic (exact) mass is 309 g/mol. The van der Waals surface area contributed by atoms with Gasteiger partial charge in [-0.05, 0) is 24.5 Å². The summed E-state index contributed by atoms with van der Waals surface area (Å²) in [7, 11) is 1.65. The lowest BCUT2D eigenvalue weighted by molar-refractivity contribution is -0.128. The second-order valence-corrected chi connectivity index (χ2v) is 6.10. The SMILES string of the molecule is CN1C(=O)C[C@@](C)(Cc2cccc(-c3cncnc3)c2)N=C1N. The fourth-order valence-corrected chi connectivity index (χ4v) is 2.81. The lowest BCUT2D eigenvalue weighted by Gasteiger charge is -2.33. The van der Waals surface area contributed by atoms with Crippen molar-refractivity contribution < 1.29 is 4.79 Å². The Bertz CT molecular complexity index is 759. The third-order valence-electron chi connectivity index (χ3n) is 4.04. The summed E-state index contributed by atoms with van der Waals surface area (Å²) in [6, 6.07) is 8.12. The topological polar surface area (TPSA) is 84.5 Å². The predicted octanol–water partition coefficient (Wildman–Crippen LogP) is 1.62. The van der Waals surface area contributed by atoms with Crippen molar-refractivity contribution in [1.29, 1.82) is 0 Å². The van der Waals surface area contributed by atoms with Gasteiger partial charge in [-0.2, -0.15) is 0 Å². The van der Waals surface area contributed by atoms with Crippen molar-refractivity contribution in [2.24, 2.45) is 10.7 Å². The van der Waals surface area contributed by atoms with Gasteiger partial charge >= 0.3 is 0 Å². The molecule has 0 unspecified atom stereocenters. The maximum atomic E-state index is 12.0. The Morgan fingerprint density at radius 2 is 2.00 bits per heavy atom. The Labute approximate surface area is 135 Å². The molecule has 0 saturated heterocycles. The van der Waals surface area contributed by atoms with Gasteiger partial charge in [-0.15, -0.1) is 0 Å². The minimum Gasteiger partial charge on any atom is -0.369 e. The molecule has 0 saturated carbocycles. The molecule has 1 aromatic carbocycles. The summed E-state index contributed by atoms with van der Waals surface area (Å²) in [5.74, 6) is 0.268. The Hall–Kier alpha value is -2.76. The smallest absolute Gasteiger partial charge is 0.231 e. The van der Waals surface area contributed by atoms with Crippen LogP contribution in [0.5, 0.6) is 0 Å². The first-order valence-corrected chi connectivity index (χ1v) is 7.43. The van der Waals surface area contributed by atoms with Crippen LogP contribution in [0.4, 0.5) is 0 Å². The number of hydrogen-bond donors (Lipinski definition) is 1. The zero-order valence-corrected chi connectivity index (χ0v) is 13.2. The molecule has 6 heteroatoms. The van der Waals surface area contributed by atoms with Crippen LogP contribution in [0.15, 0.2) is 48.0 Å². The maximum absolute atomic E-state index is 12.0. The number of carbonyl (C=O) groups is 1. The fourth-order valence-electron chi connectivity index (χ4n) is 2.81. The van der Waals surface area contributed by atoms with Crippen LogP contribution in [0.3, 0.4) is 0 Å². The average molecular weight is 309 g/mol. The zero-order chi connectivity index (χ0) is 16.4. The number of amides is 1. The molecule has 1 aromatic heterocycles. The van der Waals surface area contributed by atoms with E-state index in [2.05, 4.69) is 21.0 Å². The summed E-state index contributed by atoms with van der Waals surface area (Å²) in [6.45, 7) is 1.96. The largest absolute Gasteiger partial charge is 0.369 e. The molecule has 2 heterocycles. The average Bonchev–Trinajstić information content (AvgIpc) is 2.53. The molecule has 0 spiro atoms. The molecule has 0 bridgehead atoms. The van der Waals surface area contributed by atoms with Gasteiger partial charge in [0.25, 0.3) is 0 Å². The molecule has 0 fully saturated rings. The molecular formula is C17H19N5O. The van der Waals surface area contributed by atoms with Gasteiger partial charge in [0, 0.05) is 25.0 Å². The van der Waals surface area contributed by atoms with Crippen LogP contribution in [-0.4, -0.2) is 39.3 Å². The van der Waals surface area contributed by atoms with Crippen molar-refractivity contribution in [3.05, 3.63) is 48.5 Å². The van der Waals surface area contributed by atoms with E-state index in [1.807, 2.05) is 25.1 Å². The van der Waals surface area contributed by atoms with Crippen LogP contribution in [-0.2, 0) is 11.2 Å². The van der Waals surface area contributed by atoms with Crippen molar-refractivity contribution in [2.75, 3.05) is 7.05 Å². The molecule has 0 aliphatic carbocycles. The highest BCUT2D eigenvalue weighted by atomic mass is 16.2. The normalized spacial score (nSPS) is 21.2. The number of rotatable bonds is 3. The van der Waals surface area contributed by atoms with Crippen LogP contribution in [0.25, 0.3) is 11.1 Å². The molecule has 118 valence electrons. The molecule has 1 aliphatic heterocycles. The number of guanidine groups is 1. The Balaban J connectivity index is 1.88. The number of benzene rings is 1. The highest BCUT2D eigenvalue weighted by Gasteiger charge is 2.34. The second kappa shape index (κ2) is 5.79. The quantitative estimate of drug-likeness (QED) is 0.933. The van der Waals surface area contributed by atoms with E-state index < -0.39 is 5.54 Å². The second-order valence-electron chi connectivity index (χ2n) is 6.10. The first kappa shape index (κ1) is 15.1.